The average molecular weight is 290 g/mol. The number of fused-ring (bicyclic) bond motifs is 7. The van der Waals surface area contributed by atoms with Crippen LogP contribution < -0.4 is 0 Å². The van der Waals surface area contributed by atoms with Crippen LogP contribution in [-0.2, 0) is 0 Å². The monoisotopic (exact) mass is 290 g/mol. The van der Waals surface area contributed by atoms with Crippen LogP contribution in [0.25, 0.3) is 43.9 Å². The maximum Gasteiger partial charge on any atom is 0.243 e. The van der Waals surface area contributed by atoms with E-state index in [9.17, 15) is 4.39 Å². The van der Waals surface area contributed by atoms with Gasteiger partial charge in [0.25, 0.3) is 0 Å². The van der Waals surface area contributed by atoms with E-state index in [4.69, 9.17) is 4.63 Å². The fourth-order valence-corrected chi connectivity index (χ4v) is 2.88. The Bertz CT molecular complexity index is 1200. The van der Waals surface area contributed by atoms with E-state index in [1.165, 1.54) is 12.1 Å². The Morgan fingerprint density at radius 2 is 1.36 bits per heavy atom. The van der Waals surface area contributed by atoms with Gasteiger partial charge in [0.1, 0.15) is 5.82 Å². The van der Waals surface area contributed by atoms with E-state index < -0.39 is 0 Å². The van der Waals surface area contributed by atoms with Gasteiger partial charge in [-0.1, -0.05) is 24.3 Å². The molecule has 5 nitrogen and oxygen atoms in total. The topological polar surface area (TPSA) is 64.7 Å². The summed E-state index contributed by atoms with van der Waals surface area (Å²) in [6.45, 7) is 0. The molecule has 2 heterocycles. The Morgan fingerprint density at radius 3 is 2.09 bits per heavy atom. The van der Waals surface area contributed by atoms with Crippen LogP contribution in [0, 0.1) is 5.82 Å². The molecule has 5 rings (SSSR count). The lowest BCUT2D eigenvalue weighted by molar-refractivity contribution is 0.314. The van der Waals surface area contributed by atoms with Crippen LogP contribution in [0.5, 0.6) is 0 Å². The van der Waals surface area contributed by atoms with Gasteiger partial charge in [-0.3, -0.25) is 0 Å². The van der Waals surface area contributed by atoms with Crippen molar-refractivity contribution in [3.63, 3.8) is 0 Å². The van der Waals surface area contributed by atoms with E-state index >= 15 is 0 Å². The van der Waals surface area contributed by atoms with Crippen molar-refractivity contribution in [2.75, 3.05) is 0 Å². The van der Waals surface area contributed by atoms with Crippen LogP contribution in [0.3, 0.4) is 0 Å². The van der Waals surface area contributed by atoms with Crippen molar-refractivity contribution >= 4 is 43.9 Å². The Labute approximate surface area is 122 Å². The molecule has 0 N–H and O–H groups in total. The number of hydrogen-bond donors (Lipinski definition) is 0. The molecular formula is C16H7FN4O. The molecule has 0 atom stereocenters. The second kappa shape index (κ2) is 3.94. The summed E-state index contributed by atoms with van der Waals surface area (Å²) < 4.78 is 18.4. The zero-order chi connectivity index (χ0) is 14.7. The van der Waals surface area contributed by atoms with Gasteiger partial charge in [0.2, 0.25) is 11.3 Å². The van der Waals surface area contributed by atoms with Crippen molar-refractivity contribution in [1.82, 2.24) is 20.3 Å². The molecule has 0 bridgehead atoms. The Morgan fingerprint density at radius 1 is 0.727 bits per heavy atom. The first-order chi connectivity index (χ1) is 10.8. The molecule has 3 aromatic carbocycles. The van der Waals surface area contributed by atoms with Crippen molar-refractivity contribution in [2.45, 2.75) is 0 Å². The van der Waals surface area contributed by atoms with E-state index in [1.807, 2.05) is 24.3 Å². The lowest BCUT2D eigenvalue weighted by atomic mass is 9.99. The fraction of sp³-hybridized carbons (Fsp3) is 0. The van der Waals surface area contributed by atoms with Gasteiger partial charge in [-0.05, 0) is 39.3 Å². The SMILES string of the molecule is Fc1ccc2c(c1)c1ccccc1c1nc3nonc3nc21. The standard InChI is InChI=1S/C16H7FN4O/c17-8-5-6-11-12(7-8)9-3-1-2-4-10(9)13-14(11)19-16-15(18-13)20-22-21-16/h1-7H. The first-order valence-corrected chi connectivity index (χ1v) is 6.71. The van der Waals surface area contributed by atoms with Gasteiger partial charge in [0.05, 0.1) is 11.0 Å². The largest absolute Gasteiger partial charge is 0.243 e. The highest BCUT2D eigenvalue weighted by Crippen LogP contribution is 2.33. The van der Waals surface area contributed by atoms with Crippen molar-refractivity contribution in [3.8, 4) is 0 Å². The van der Waals surface area contributed by atoms with Gasteiger partial charge < -0.3 is 0 Å². The second-order valence-corrected chi connectivity index (χ2v) is 5.07. The normalized spacial score (nSPS) is 11.9. The molecule has 0 aliphatic rings. The van der Waals surface area contributed by atoms with Crippen LogP contribution in [0.2, 0.25) is 0 Å². The summed E-state index contributed by atoms with van der Waals surface area (Å²) in [4.78, 5) is 9.01. The summed E-state index contributed by atoms with van der Waals surface area (Å²) in [5, 5.41) is 10.9. The van der Waals surface area contributed by atoms with Crippen molar-refractivity contribution in [2.24, 2.45) is 0 Å². The Hall–Kier alpha value is -3.15. The van der Waals surface area contributed by atoms with Gasteiger partial charge >= 0.3 is 0 Å². The predicted octanol–water partition coefficient (Wildman–Crippen LogP) is 3.61. The minimum Gasteiger partial charge on any atom is -0.240 e. The predicted molar refractivity (Wildman–Crippen MR) is 79.9 cm³/mol. The zero-order valence-corrected chi connectivity index (χ0v) is 11.1. The molecule has 0 saturated heterocycles. The van der Waals surface area contributed by atoms with Crippen LogP contribution in [0.15, 0.2) is 47.1 Å². The van der Waals surface area contributed by atoms with Crippen molar-refractivity contribution < 1.29 is 9.02 Å². The third-order valence-corrected chi connectivity index (χ3v) is 3.82. The molecule has 0 saturated carbocycles. The van der Waals surface area contributed by atoms with Gasteiger partial charge in [-0.25, -0.2) is 19.0 Å². The number of hydrogen-bond acceptors (Lipinski definition) is 5. The molecule has 0 unspecified atom stereocenters. The lowest BCUT2D eigenvalue weighted by Crippen LogP contribution is -1.91. The smallest absolute Gasteiger partial charge is 0.240 e. The van der Waals surface area contributed by atoms with E-state index in [-0.39, 0.29) is 5.82 Å². The van der Waals surface area contributed by atoms with E-state index in [0.717, 1.165) is 21.5 Å². The number of nitrogens with zero attached hydrogens (tertiary/aromatic N) is 4. The molecule has 0 aliphatic heterocycles. The van der Waals surface area contributed by atoms with Gasteiger partial charge in [-0.2, -0.15) is 0 Å². The minimum atomic E-state index is -0.283. The van der Waals surface area contributed by atoms with Gasteiger partial charge in [0.15, 0.2) is 0 Å². The summed E-state index contributed by atoms with van der Waals surface area (Å²) in [6.07, 6.45) is 0. The number of halogens is 1. The fourth-order valence-electron chi connectivity index (χ4n) is 2.88. The highest BCUT2D eigenvalue weighted by molar-refractivity contribution is 6.23. The molecule has 0 fully saturated rings. The van der Waals surface area contributed by atoms with E-state index in [1.54, 1.807) is 6.07 Å². The highest BCUT2D eigenvalue weighted by Gasteiger charge is 2.14. The molecule has 2 aromatic heterocycles. The molecule has 22 heavy (non-hydrogen) atoms. The van der Waals surface area contributed by atoms with E-state index in [2.05, 4.69) is 20.3 Å². The third-order valence-electron chi connectivity index (χ3n) is 3.82. The van der Waals surface area contributed by atoms with Crippen LogP contribution >= 0.6 is 0 Å². The average Bonchev–Trinajstić information content (AvgIpc) is 3.01. The summed E-state index contributed by atoms with van der Waals surface area (Å²) in [6, 6.07) is 12.4. The van der Waals surface area contributed by atoms with Gasteiger partial charge in [-0.15, -0.1) is 0 Å². The zero-order valence-electron chi connectivity index (χ0n) is 11.1. The second-order valence-electron chi connectivity index (χ2n) is 5.07. The molecule has 6 heteroatoms. The molecular weight excluding hydrogens is 283 g/mol. The van der Waals surface area contributed by atoms with Gasteiger partial charge in [0, 0.05) is 10.8 Å². The summed E-state index contributed by atoms with van der Waals surface area (Å²) in [5.41, 5.74) is 2.07. The molecule has 5 aromatic rings. The summed E-state index contributed by atoms with van der Waals surface area (Å²) in [5.74, 6) is -0.283. The van der Waals surface area contributed by atoms with Crippen LogP contribution in [0.4, 0.5) is 4.39 Å². The summed E-state index contributed by atoms with van der Waals surface area (Å²) >= 11 is 0. The molecule has 0 radical (unpaired) electrons. The maximum atomic E-state index is 13.7. The number of benzene rings is 3. The first kappa shape index (κ1) is 11.5. The molecule has 104 valence electrons. The third kappa shape index (κ3) is 1.41. The molecule has 0 aliphatic carbocycles. The first-order valence-electron chi connectivity index (χ1n) is 6.71. The minimum absolute atomic E-state index is 0.283. The summed E-state index contributed by atoms with van der Waals surface area (Å²) in [7, 11) is 0. The number of aromatic nitrogens is 4. The van der Waals surface area contributed by atoms with Crippen LogP contribution in [0.1, 0.15) is 0 Å². The Balaban J connectivity index is 2.18. The number of rotatable bonds is 0. The highest BCUT2D eigenvalue weighted by atomic mass is 19.1. The van der Waals surface area contributed by atoms with Crippen LogP contribution in [-0.4, -0.2) is 20.3 Å². The lowest BCUT2D eigenvalue weighted by Gasteiger charge is -2.08. The molecule has 0 amide bonds. The van der Waals surface area contributed by atoms with Crippen molar-refractivity contribution in [1.29, 1.82) is 0 Å². The van der Waals surface area contributed by atoms with E-state index in [0.29, 0.717) is 22.3 Å². The Kier molecular flexibility index (Phi) is 2.06. The molecule has 0 spiro atoms. The quantitative estimate of drug-likeness (QED) is 0.408. The maximum absolute atomic E-state index is 13.7. The van der Waals surface area contributed by atoms with Crippen molar-refractivity contribution in [3.05, 3.63) is 48.3 Å².